The maximum absolute atomic E-state index is 11.7. The maximum Gasteiger partial charge on any atom is 0.224 e. The lowest BCUT2D eigenvalue weighted by atomic mass is 10.1. The van der Waals surface area contributed by atoms with Crippen LogP contribution in [0, 0.1) is 0 Å². The van der Waals surface area contributed by atoms with Gasteiger partial charge in [0.25, 0.3) is 0 Å². The number of aromatic nitrogens is 2. The van der Waals surface area contributed by atoms with Gasteiger partial charge in [0.1, 0.15) is 5.75 Å². The molecule has 0 fully saturated rings. The molecular formula is C14H17N3O2. The summed E-state index contributed by atoms with van der Waals surface area (Å²) < 4.78 is 1.74. The lowest BCUT2D eigenvalue weighted by Gasteiger charge is -2.04. The Bertz CT molecular complexity index is 546. The van der Waals surface area contributed by atoms with E-state index in [-0.39, 0.29) is 11.7 Å². The molecule has 1 aromatic heterocycles. The smallest absolute Gasteiger partial charge is 0.224 e. The molecule has 5 nitrogen and oxygen atoms in total. The van der Waals surface area contributed by atoms with E-state index < -0.39 is 0 Å². The minimum Gasteiger partial charge on any atom is -0.508 e. The van der Waals surface area contributed by atoms with Gasteiger partial charge in [-0.1, -0.05) is 12.1 Å². The first-order valence-corrected chi connectivity index (χ1v) is 6.15. The van der Waals surface area contributed by atoms with Gasteiger partial charge in [-0.15, -0.1) is 0 Å². The average molecular weight is 259 g/mol. The highest BCUT2D eigenvalue weighted by molar-refractivity contribution is 5.78. The molecule has 0 aliphatic carbocycles. The Kier molecular flexibility index (Phi) is 4.18. The van der Waals surface area contributed by atoms with E-state index in [9.17, 15) is 4.79 Å². The Morgan fingerprint density at radius 3 is 2.68 bits per heavy atom. The Morgan fingerprint density at radius 2 is 2.05 bits per heavy atom. The number of phenolic OH excluding ortho intramolecular Hbond substituents is 1. The number of amides is 1. The van der Waals surface area contributed by atoms with Crippen molar-refractivity contribution in [1.82, 2.24) is 15.1 Å². The Hall–Kier alpha value is -2.30. The third-order valence-corrected chi connectivity index (χ3v) is 2.80. The first-order valence-electron chi connectivity index (χ1n) is 6.15. The number of hydrogen-bond acceptors (Lipinski definition) is 3. The zero-order chi connectivity index (χ0) is 13.7. The highest BCUT2D eigenvalue weighted by Gasteiger charge is 2.03. The second kappa shape index (κ2) is 6.04. The second-order valence-electron chi connectivity index (χ2n) is 4.47. The number of aromatic hydroxyl groups is 1. The minimum atomic E-state index is -0.0189. The second-order valence-corrected chi connectivity index (χ2v) is 4.47. The van der Waals surface area contributed by atoms with Crippen molar-refractivity contribution >= 4 is 5.91 Å². The molecule has 0 saturated carbocycles. The monoisotopic (exact) mass is 259 g/mol. The number of nitrogens with zero attached hydrogens (tertiary/aromatic N) is 2. The summed E-state index contributed by atoms with van der Waals surface area (Å²) in [6.45, 7) is 0.600. The normalized spacial score (nSPS) is 10.4. The number of hydrogen-bond donors (Lipinski definition) is 2. The van der Waals surface area contributed by atoms with E-state index in [0.29, 0.717) is 13.0 Å². The Balaban J connectivity index is 1.74. The van der Waals surface area contributed by atoms with Gasteiger partial charge in [0, 0.05) is 19.8 Å². The van der Waals surface area contributed by atoms with E-state index in [1.807, 2.05) is 13.2 Å². The fourth-order valence-electron chi connectivity index (χ4n) is 1.81. The van der Waals surface area contributed by atoms with E-state index in [1.165, 1.54) is 0 Å². The van der Waals surface area contributed by atoms with Gasteiger partial charge < -0.3 is 10.4 Å². The number of nitrogens with one attached hydrogen (secondary N) is 1. The van der Waals surface area contributed by atoms with Gasteiger partial charge >= 0.3 is 0 Å². The minimum absolute atomic E-state index is 0.0189. The molecular weight excluding hydrogens is 242 g/mol. The highest BCUT2D eigenvalue weighted by atomic mass is 16.3. The molecule has 0 aliphatic heterocycles. The van der Waals surface area contributed by atoms with E-state index in [4.69, 9.17) is 5.11 Å². The van der Waals surface area contributed by atoms with E-state index in [0.717, 1.165) is 17.5 Å². The Morgan fingerprint density at radius 1 is 1.32 bits per heavy atom. The van der Waals surface area contributed by atoms with Crippen molar-refractivity contribution in [1.29, 1.82) is 0 Å². The number of phenols is 1. The zero-order valence-electron chi connectivity index (χ0n) is 10.8. The lowest BCUT2D eigenvalue weighted by Crippen LogP contribution is -2.27. The molecule has 2 N–H and O–H groups in total. The van der Waals surface area contributed by atoms with Gasteiger partial charge in [-0.3, -0.25) is 9.48 Å². The quantitative estimate of drug-likeness (QED) is 0.842. The van der Waals surface area contributed by atoms with Crippen molar-refractivity contribution in [2.45, 2.75) is 12.8 Å². The van der Waals surface area contributed by atoms with Gasteiger partial charge in [0.15, 0.2) is 0 Å². The van der Waals surface area contributed by atoms with Gasteiger partial charge in [-0.2, -0.15) is 5.10 Å². The predicted octanol–water partition coefficient (Wildman–Crippen LogP) is 1.03. The topological polar surface area (TPSA) is 67.2 Å². The molecule has 100 valence electrons. The number of carbonyl (C=O) groups is 1. The van der Waals surface area contributed by atoms with E-state index >= 15 is 0 Å². The molecule has 0 aliphatic rings. The summed E-state index contributed by atoms with van der Waals surface area (Å²) in [6, 6.07) is 6.66. The van der Waals surface area contributed by atoms with E-state index in [1.54, 1.807) is 35.1 Å². The molecule has 1 amide bonds. The maximum atomic E-state index is 11.7. The number of benzene rings is 1. The van der Waals surface area contributed by atoms with Crippen LogP contribution in [0.25, 0.3) is 0 Å². The first kappa shape index (κ1) is 13.1. The van der Waals surface area contributed by atoms with Crippen LogP contribution >= 0.6 is 0 Å². The molecule has 1 heterocycles. The van der Waals surface area contributed by atoms with Crippen molar-refractivity contribution in [3.05, 3.63) is 47.8 Å². The molecule has 0 spiro atoms. The highest BCUT2D eigenvalue weighted by Crippen LogP contribution is 2.09. The third kappa shape index (κ3) is 4.13. The standard InChI is InChI=1S/C14H17N3O2/c1-17-10-12(9-16-17)6-7-15-14(19)8-11-2-4-13(18)5-3-11/h2-5,9-10,18H,6-8H2,1H3,(H,15,19). The fourth-order valence-corrected chi connectivity index (χ4v) is 1.81. The number of aryl methyl sites for hydroxylation is 1. The average Bonchev–Trinajstić information content (AvgIpc) is 2.78. The molecule has 19 heavy (non-hydrogen) atoms. The van der Waals surface area contributed by atoms with Crippen LogP contribution in [0.15, 0.2) is 36.7 Å². The van der Waals surface area contributed by atoms with Crippen molar-refractivity contribution in [2.75, 3.05) is 6.54 Å². The van der Waals surface area contributed by atoms with Crippen LogP contribution in [-0.4, -0.2) is 27.3 Å². The summed E-state index contributed by atoms with van der Waals surface area (Å²) in [5.41, 5.74) is 1.99. The van der Waals surface area contributed by atoms with Crippen LogP contribution in [0.4, 0.5) is 0 Å². The summed E-state index contributed by atoms with van der Waals surface area (Å²) in [5.74, 6) is 0.190. The summed E-state index contributed by atoms with van der Waals surface area (Å²) in [4.78, 5) is 11.7. The van der Waals surface area contributed by atoms with Gasteiger partial charge in [0.05, 0.1) is 12.6 Å². The number of rotatable bonds is 5. The van der Waals surface area contributed by atoms with Gasteiger partial charge in [-0.25, -0.2) is 0 Å². The number of carbonyl (C=O) groups excluding carboxylic acids is 1. The van der Waals surface area contributed by atoms with Crippen LogP contribution in [-0.2, 0) is 24.7 Å². The summed E-state index contributed by atoms with van der Waals surface area (Å²) in [7, 11) is 1.87. The molecule has 2 aromatic rings. The largest absolute Gasteiger partial charge is 0.508 e. The molecule has 0 bridgehead atoms. The van der Waals surface area contributed by atoms with Crippen LogP contribution in [0.1, 0.15) is 11.1 Å². The van der Waals surface area contributed by atoms with Crippen LogP contribution in [0.2, 0.25) is 0 Å². The predicted molar refractivity (Wildman–Crippen MR) is 71.7 cm³/mol. The van der Waals surface area contributed by atoms with Crippen molar-refractivity contribution in [3.63, 3.8) is 0 Å². The summed E-state index contributed by atoms with van der Waals surface area (Å²) >= 11 is 0. The van der Waals surface area contributed by atoms with Crippen LogP contribution < -0.4 is 5.32 Å². The fraction of sp³-hybridized carbons (Fsp3) is 0.286. The SMILES string of the molecule is Cn1cc(CCNC(=O)Cc2ccc(O)cc2)cn1. The lowest BCUT2D eigenvalue weighted by molar-refractivity contribution is -0.120. The van der Waals surface area contributed by atoms with Crippen LogP contribution in [0.5, 0.6) is 5.75 Å². The van der Waals surface area contributed by atoms with Gasteiger partial charge in [-0.05, 0) is 29.7 Å². The molecule has 5 heteroatoms. The molecule has 1 aromatic carbocycles. The zero-order valence-corrected chi connectivity index (χ0v) is 10.8. The van der Waals surface area contributed by atoms with Crippen molar-refractivity contribution in [3.8, 4) is 5.75 Å². The van der Waals surface area contributed by atoms with Crippen molar-refractivity contribution in [2.24, 2.45) is 7.05 Å². The van der Waals surface area contributed by atoms with E-state index in [2.05, 4.69) is 10.4 Å². The molecule has 0 unspecified atom stereocenters. The molecule has 0 radical (unpaired) electrons. The Labute approximate surface area is 111 Å². The molecule has 0 atom stereocenters. The van der Waals surface area contributed by atoms with Gasteiger partial charge in [0.2, 0.25) is 5.91 Å². The first-order chi connectivity index (χ1) is 9.13. The summed E-state index contributed by atoms with van der Waals surface area (Å²) in [6.07, 6.45) is 4.83. The third-order valence-electron chi connectivity index (χ3n) is 2.80. The van der Waals surface area contributed by atoms with Crippen molar-refractivity contribution < 1.29 is 9.90 Å². The molecule has 2 rings (SSSR count). The van der Waals surface area contributed by atoms with Crippen LogP contribution in [0.3, 0.4) is 0 Å². The summed E-state index contributed by atoms with van der Waals surface area (Å²) in [5, 5.41) is 16.1. The molecule has 0 saturated heterocycles.